The highest BCUT2D eigenvalue weighted by Gasteiger charge is 2.12. The first kappa shape index (κ1) is 12.7. The molecule has 0 bridgehead atoms. The zero-order valence-electron chi connectivity index (χ0n) is 11.2. The lowest BCUT2D eigenvalue weighted by Crippen LogP contribution is -2.08. The van der Waals surface area contributed by atoms with Gasteiger partial charge < -0.3 is 0 Å². The monoisotopic (exact) mass is 270 g/mol. The predicted octanol–water partition coefficient (Wildman–Crippen LogP) is 4.16. The topological polar surface area (TPSA) is 16.1 Å². The Morgan fingerprint density at radius 1 is 1.05 bits per heavy atom. The van der Waals surface area contributed by atoms with E-state index in [4.69, 9.17) is 0 Å². The molecule has 0 atom stereocenters. The van der Waals surface area contributed by atoms with Gasteiger partial charge in [0.1, 0.15) is 0 Å². The summed E-state index contributed by atoms with van der Waals surface area (Å²) >= 11 is 1.87. The average molecular weight is 270 g/mol. The fraction of sp³-hybridized carbons (Fsp3) is 0.312. The molecule has 0 N–H and O–H groups in total. The predicted molar refractivity (Wildman–Crippen MR) is 81.1 cm³/mol. The van der Waals surface area contributed by atoms with Crippen LogP contribution in [0.15, 0.2) is 47.5 Å². The number of benzene rings is 1. The van der Waals surface area contributed by atoms with Crippen molar-refractivity contribution in [2.75, 3.05) is 13.1 Å². The minimum Gasteiger partial charge on any atom is -0.256 e. The summed E-state index contributed by atoms with van der Waals surface area (Å²) < 4.78 is 2.45. The second-order valence-electron chi connectivity index (χ2n) is 4.92. The van der Waals surface area contributed by atoms with Gasteiger partial charge in [-0.25, -0.2) is 4.31 Å². The van der Waals surface area contributed by atoms with E-state index in [9.17, 15) is 0 Å². The lowest BCUT2D eigenvalue weighted by atomic mass is 10.1. The van der Waals surface area contributed by atoms with E-state index in [0.29, 0.717) is 0 Å². The molecule has 0 spiro atoms. The highest BCUT2D eigenvalue weighted by Crippen LogP contribution is 2.29. The summed E-state index contributed by atoms with van der Waals surface area (Å²) in [6, 6.07) is 12.8. The van der Waals surface area contributed by atoms with Gasteiger partial charge in [0, 0.05) is 29.7 Å². The molecule has 2 aromatic rings. The van der Waals surface area contributed by atoms with Crippen molar-refractivity contribution in [2.45, 2.75) is 24.7 Å². The average Bonchev–Trinajstić information content (AvgIpc) is 2.93. The Kier molecular flexibility index (Phi) is 3.85. The maximum absolute atomic E-state index is 4.46. The maximum Gasteiger partial charge on any atom is 0.0731 e. The van der Waals surface area contributed by atoms with Crippen molar-refractivity contribution in [1.29, 1.82) is 0 Å². The number of rotatable bonds is 3. The van der Waals surface area contributed by atoms with Crippen LogP contribution in [0.4, 0.5) is 0 Å². The van der Waals surface area contributed by atoms with Crippen molar-refractivity contribution >= 4 is 11.9 Å². The first-order valence-corrected chi connectivity index (χ1v) is 7.55. The second kappa shape index (κ2) is 5.76. The van der Waals surface area contributed by atoms with Gasteiger partial charge in [0.25, 0.3) is 0 Å². The molecule has 1 aromatic heterocycles. The number of aromatic nitrogens is 1. The quantitative estimate of drug-likeness (QED) is 0.779. The zero-order chi connectivity index (χ0) is 13.1. The van der Waals surface area contributed by atoms with E-state index in [1.165, 1.54) is 42.0 Å². The highest BCUT2D eigenvalue weighted by molar-refractivity contribution is 7.97. The standard InChI is InChI=1S/C16H18N2S/c1-13-5-4-10-17-16(13)14-6-8-15(9-7-14)19-18-11-2-3-12-18/h4-10H,2-3,11-12H2,1H3. The van der Waals surface area contributed by atoms with Gasteiger partial charge in [0.2, 0.25) is 0 Å². The Morgan fingerprint density at radius 3 is 2.47 bits per heavy atom. The van der Waals surface area contributed by atoms with E-state index in [-0.39, 0.29) is 0 Å². The number of hydrogen-bond donors (Lipinski definition) is 0. The van der Waals surface area contributed by atoms with Crippen molar-refractivity contribution in [1.82, 2.24) is 9.29 Å². The molecule has 19 heavy (non-hydrogen) atoms. The van der Waals surface area contributed by atoms with Crippen LogP contribution in [0.2, 0.25) is 0 Å². The number of pyridine rings is 1. The molecule has 1 saturated heterocycles. The van der Waals surface area contributed by atoms with Gasteiger partial charge in [-0.05, 0) is 55.5 Å². The third-order valence-electron chi connectivity index (χ3n) is 3.44. The first-order valence-electron chi connectivity index (χ1n) is 6.78. The summed E-state index contributed by atoms with van der Waals surface area (Å²) in [5.41, 5.74) is 3.51. The molecule has 0 amide bonds. The number of nitrogens with zero attached hydrogens (tertiary/aromatic N) is 2. The Labute approximate surface area is 119 Å². The molecule has 98 valence electrons. The molecule has 3 heteroatoms. The van der Waals surface area contributed by atoms with Crippen LogP contribution in [0.25, 0.3) is 11.3 Å². The van der Waals surface area contributed by atoms with Gasteiger partial charge in [-0.15, -0.1) is 0 Å². The van der Waals surface area contributed by atoms with Crippen molar-refractivity contribution in [3.8, 4) is 11.3 Å². The molecular weight excluding hydrogens is 252 g/mol. The Balaban J connectivity index is 1.77. The van der Waals surface area contributed by atoms with Gasteiger partial charge in [0.15, 0.2) is 0 Å². The van der Waals surface area contributed by atoms with Crippen LogP contribution in [-0.4, -0.2) is 22.4 Å². The molecule has 1 aliphatic rings. The highest BCUT2D eigenvalue weighted by atomic mass is 32.2. The molecular formula is C16H18N2S. The smallest absolute Gasteiger partial charge is 0.0731 e. The Morgan fingerprint density at radius 2 is 1.79 bits per heavy atom. The summed E-state index contributed by atoms with van der Waals surface area (Å²) in [6.45, 7) is 4.53. The summed E-state index contributed by atoms with van der Waals surface area (Å²) in [4.78, 5) is 5.78. The SMILES string of the molecule is Cc1cccnc1-c1ccc(SN2CCCC2)cc1. The van der Waals surface area contributed by atoms with Gasteiger partial charge in [-0.1, -0.05) is 18.2 Å². The van der Waals surface area contributed by atoms with E-state index in [1.54, 1.807) is 0 Å². The van der Waals surface area contributed by atoms with Crippen LogP contribution in [0.5, 0.6) is 0 Å². The van der Waals surface area contributed by atoms with Crippen LogP contribution < -0.4 is 0 Å². The molecule has 2 heterocycles. The van der Waals surface area contributed by atoms with Crippen molar-refractivity contribution in [2.24, 2.45) is 0 Å². The van der Waals surface area contributed by atoms with E-state index < -0.39 is 0 Å². The van der Waals surface area contributed by atoms with Crippen LogP contribution in [-0.2, 0) is 0 Å². The third-order valence-corrected chi connectivity index (χ3v) is 4.54. The minimum atomic E-state index is 1.08. The molecule has 1 aromatic carbocycles. The maximum atomic E-state index is 4.46. The van der Waals surface area contributed by atoms with Crippen LogP contribution in [0.3, 0.4) is 0 Å². The summed E-state index contributed by atoms with van der Waals surface area (Å²) in [6.07, 6.45) is 4.52. The molecule has 1 aliphatic heterocycles. The van der Waals surface area contributed by atoms with Gasteiger partial charge in [0.05, 0.1) is 5.69 Å². The molecule has 0 radical (unpaired) electrons. The van der Waals surface area contributed by atoms with E-state index in [1.807, 2.05) is 24.2 Å². The summed E-state index contributed by atoms with van der Waals surface area (Å²) in [5.74, 6) is 0. The van der Waals surface area contributed by atoms with Crippen molar-refractivity contribution < 1.29 is 0 Å². The van der Waals surface area contributed by atoms with E-state index >= 15 is 0 Å². The molecule has 1 fully saturated rings. The molecule has 0 aliphatic carbocycles. The minimum absolute atomic E-state index is 1.08. The summed E-state index contributed by atoms with van der Waals surface area (Å²) in [5, 5.41) is 0. The van der Waals surface area contributed by atoms with Gasteiger partial charge in [-0.2, -0.15) is 0 Å². The zero-order valence-corrected chi connectivity index (χ0v) is 12.0. The van der Waals surface area contributed by atoms with Crippen molar-refractivity contribution in [3.63, 3.8) is 0 Å². The van der Waals surface area contributed by atoms with Crippen molar-refractivity contribution in [3.05, 3.63) is 48.2 Å². The second-order valence-corrected chi connectivity index (χ2v) is 6.09. The lowest BCUT2D eigenvalue weighted by Gasteiger charge is -2.13. The van der Waals surface area contributed by atoms with Crippen LogP contribution in [0.1, 0.15) is 18.4 Å². The van der Waals surface area contributed by atoms with Crippen LogP contribution in [0, 0.1) is 6.92 Å². The largest absolute Gasteiger partial charge is 0.256 e. The van der Waals surface area contributed by atoms with Gasteiger partial charge in [-0.3, -0.25) is 4.98 Å². The number of aryl methyl sites for hydroxylation is 1. The molecule has 0 unspecified atom stereocenters. The Hall–Kier alpha value is -1.32. The third kappa shape index (κ3) is 2.99. The molecule has 0 saturated carbocycles. The van der Waals surface area contributed by atoms with E-state index in [2.05, 4.69) is 46.5 Å². The van der Waals surface area contributed by atoms with E-state index in [0.717, 1.165) is 5.69 Å². The number of hydrogen-bond acceptors (Lipinski definition) is 3. The normalized spacial score (nSPS) is 15.8. The fourth-order valence-electron chi connectivity index (χ4n) is 2.39. The lowest BCUT2D eigenvalue weighted by molar-refractivity contribution is 0.586. The molecule has 3 rings (SSSR count). The first-order chi connectivity index (χ1) is 9.33. The molecule has 2 nitrogen and oxygen atoms in total. The fourth-order valence-corrected chi connectivity index (χ4v) is 3.39. The van der Waals surface area contributed by atoms with Gasteiger partial charge >= 0.3 is 0 Å². The Bertz CT molecular complexity index is 545. The summed E-state index contributed by atoms with van der Waals surface area (Å²) in [7, 11) is 0. The van der Waals surface area contributed by atoms with Crippen LogP contribution >= 0.6 is 11.9 Å².